The van der Waals surface area contributed by atoms with Gasteiger partial charge in [-0.2, -0.15) is 0 Å². The Morgan fingerprint density at radius 3 is 2.67 bits per heavy atom. The molecular formula is C17H24N2O2. The molecule has 1 aliphatic carbocycles. The van der Waals surface area contributed by atoms with Crippen LogP contribution >= 0.6 is 0 Å². The molecule has 2 rings (SSSR count). The maximum Gasteiger partial charge on any atom is 0.233 e. The maximum absolute atomic E-state index is 12.4. The molecule has 0 radical (unpaired) electrons. The number of ketones is 1. The molecule has 1 N–H and O–H groups in total. The zero-order valence-corrected chi connectivity index (χ0v) is 12.9. The molecule has 0 bridgehead atoms. The summed E-state index contributed by atoms with van der Waals surface area (Å²) in [6, 6.07) is 6.05. The van der Waals surface area contributed by atoms with Crippen LogP contribution in [0.5, 0.6) is 0 Å². The predicted octanol–water partition coefficient (Wildman–Crippen LogP) is 1.82. The van der Waals surface area contributed by atoms with Gasteiger partial charge in [0.2, 0.25) is 5.91 Å². The SMILES string of the molecule is CCCN(CC(=O)NC)CC(=O)c1ccc2c(c1)CCC2. The van der Waals surface area contributed by atoms with Crippen molar-refractivity contribution in [2.24, 2.45) is 0 Å². The summed E-state index contributed by atoms with van der Waals surface area (Å²) in [6.07, 6.45) is 4.32. The highest BCUT2D eigenvalue weighted by Crippen LogP contribution is 2.23. The number of hydrogen-bond donors (Lipinski definition) is 1. The zero-order valence-electron chi connectivity index (χ0n) is 12.9. The van der Waals surface area contributed by atoms with Crippen molar-refractivity contribution in [3.8, 4) is 0 Å². The first kappa shape index (κ1) is 15.7. The van der Waals surface area contributed by atoms with Crippen molar-refractivity contribution in [2.45, 2.75) is 32.6 Å². The van der Waals surface area contributed by atoms with Gasteiger partial charge in [0.05, 0.1) is 13.1 Å². The molecule has 0 heterocycles. The molecule has 0 fully saturated rings. The van der Waals surface area contributed by atoms with Gasteiger partial charge in [0, 0.05) is 12.6 Å². The van der Waals surface area contributed by atoms with Crippen LogP contribution < -0.4 is 5.32 Å². The Hall–Kier alpha value is -1.68. The van der Waals surface area contributed by atoms with E-state index in [-0.39, 0.29) is 18.2 Å². The van der Waals surface area contributed by atoms with E-state index in [9.17, 15) is 9.59 Å². The highest BCUT2D eigenvalue weighted by Gasteiger charge is 2.17. The summed E-state index contributed by atoms with van der Waals surface area (Å²) in [4.78, 5) is 25.8. The Morgan fingerprint density at radius 2 is 1.95 bits per heavy atom. The number of carbonyl (C=O) groups is 2. The summed E-state index contributed by atoms with van der Waals surface area (Å²) in [5.41, 5.74) is 3.46. The molecule has 114 valence electrons. The summed E-state index contributed by atoms with van der Waals surface area (Å²) in [7, 11) is 1.62. The molecule has 0 unspecified atom stereocenters. The number of rotatable bonds is 7. The largest absolute Gasteiger partial charge is 0.358 e. The monoisotopic (exact) mass is 288 g/mol. The topological polar surface area (TPSA) is 49.4 Å². The lowest BCUT2D eigenvalue weighted by Crippen LogP contribution is -2.39. The smallest absolute Gasteiger partial charge is 0.233 e. The lowest BCUT2D eigenvalue weighted by atomic mass is 10.0. The quantitative estimate of drug-likeness (QED) is 0.779. The molecule has 0 atom stereocenters. The first-order chi connectivity index (χ1) is 10.1. The van der Waals surface area contributed by atoms with Crippen LogP contribution in [0.2, 0.25) is 0 Å². The lowest BCUT2D eigenvalue weighted by Gasteiger charge is -2.20. The number of amides is 1. The van der Waals surface area contributed by atoms with Crippen molar-refractivity contribution in [1.82, 2.24) is 10.2 Å². The molecule has 21 heavy (non-hydrogen) atoms. The van der Waals surface area contributed by atoms with Crippen LogP contribution in [-0.2, 0) is 17.6 Å². The normalized spacial score (nSPS) is 13.3. The number of nitrogens with one attached hydrogen (secondary N) is 1. The summed E-state index contributed by atoms with van der Waals surface area (Å²) in [5, 5.41) is 2.61. The van der Waals surface area contributed by atoms with Crippen LogP contribution in [0.25, 0.3) is 0 Å². The molecular weight excluding hydrogens is 264 g/mol. The number of benzene rings is 1. The molecule has 4 heteroatoms. The Bertz CT molecular complexity index is 526. The molecule has 1 aliphatic rings. The fourth-order valence-electron chi connectivity index (χ4n) is 2.85. The number of hydrogen-bond acceptors (Lipinski definition) is 3. The van der Waals surface area contributed by atoms with Gasteiger partial charge in [-0.3, -0.25) is 14.5 Å². The van der Waals surface area contributed by atoms with Gasteiger partial charge in [-0.05, 0) is 49.4 Å². The van der Waals surface area contributed by atoms with Crippen LogP contribution in [0.15, 0.2) is 18.2 Å². The number of carbonyl (C=O) groups excluding carboxylic acids is 2. The Morgan fingerprint density at radius 1 is 1.19 bits per heavy atom. The van der Waals surface area contributed by atoms with E-state index in [4.69, 9.17) is 0 Å². The number of Topliss-reactive ketones (excluding diaryl/α,β-unsaturated/α-hetero) is 1. The Kier molecular flexibility index (Phi) is 5.51. The second-order valence-corrected chi connectivity index (χ2v) is 5.64. The van der Waals surface area contributed by atoms with Crippen LogP contribution in [0, 0.1) is 0 Å². The van der Waals surface area contributed by atoms with E-state index < -0.39 is 0 Å². The van der Waals surface area contributed by atoms with Crippen LogP contribution in [0.1, 0.15) is 41.3 Å². The van der Waals surface area contributed by atoms with E-state index in [1.807, 2.05) is 17.0 Å². The summed E-state index contributed by atoms with van der Waals surface area (Å²) in [6.45, 7) is 3.39. The molecule has 4 nitrogen and oxygen atoms in total. The highest BCUT2D eigenvalue weighted by molar-refractivity contribution is 5.98. The summed E-state index contributed by atoms with van der Waals surface area (Å²) in [5.74, 6) is 0.0484. The summed E-state index contributed by atoms with van der Waals surface area (Å²) < 4.78 is 0. The molecule has 0 spiro atoms. The van der Waals surface area contributed by atoms with Crippen LogP contribution in [0.3, 0.4) is 0 Å². The van der Waals surface area contributed by atoms with E-state index in [1.165, 1.54) is 17.5 Å². The Labute approximate surface area is 126 Å². The lowest BCUT2D eigenvalue weighted by molar-refractivity contribution is -0.121. The molecule has 1 aromatic carbocycles. The predicted molar refractivity (Wildman–Crippen MR) is 83.6 cm³/mol. The van der Waals surface area contributed by atoms with Gasteiger partial charge in [0.1, 0.15) is 0 Å². The number of fused-ring (bicyclic) bond motifs is 1. The Balaban J connectivity index is 2.02. The zero-order chi connectivity index (χ0) is 15.2. The molecule has 0 aliphatic heterocycles. The summed E-state index contributed by atoms with van der Waals surface area (Å²) >= 11 is 0. The van der Waals surface area contributed by atoms with Gasteiger partial charge >= 0.3 is 0 Å². The van der Waals surface area contributed by atoms with Gasteiger partial charge in [0.25, 0.3) is 0 Å². The van der Waals surface area contributed by atoms with Crippen LogP contribution in [0.4, 0.5) is 0 Å². The van der Waals surface area contributed by atoms with Crippen molar-refractivity contribution in [1.29, 1.82) is 0 Å². The first-order valence-corrected chi connectivity index (χ1v) is 7.72. The van der Waals surface area contributed by atoms with E-state index in [2.05, 4.69) is 18.3 Å². The fourth-order valence-corrected chi connectivity index (χ4v) is 2.85. The molecule has 1 aromatic rings. The van der Waals surface area contributed by atoms with E-state index in [0.29, 0.717) is 6.54 Å². The second kappa shape index (κ2) is 7.36. The minimum atomic E-state index is -0.0507. The third-order valence-electron chi connectivity index (χ3n) is 3.97. The van der Waals surface area contributed by atoms with E-state index >= 15 is 0 Å². The third kappa shape index (κ3) is 4.14. The average Bonchev–Trinajstić information content (AvgIpc) is 2.94. The average molecular weight is 288 g/mol. The highest BCUT2D eigenvalue weighted by atomic mass is 16.2. The third-order valence-corrected chi connectivity index (χ3v) is 3.97. The van der Waals surface area contributed by atoms with Crippen molar-refractivity contribution in [3.63, 3.8) is 0 Å². The van der Waals surface area contributed by atoms with Gasteiger partial charge in [-0.1, -0.05) is 19.1 Å². The first-order valence-electron chi connectivity index (χ1n) is 7.72. The number of aryl methyl sites for hydroxylation is 2. The van der Waals surface area contributed by atoms with Crippen molar-refractivity contribution in [2.75, 3.05) is 26.7 Å². The van der Waals surface area contributed by atoms with Gasteiger partial charge in [0.15, 0.2) is 5.78 Å². The number of nitrogens with zero attached hydrogens (tertiary/aromatic N) is 1. The minimum Gasteiger partial charge on any atom is -0.358 e. The van der Waals surface area contributed by atoms with Crippen molar-refractivity contribution >= 4 is 11.7 Å². The molecule has 1 amide bonds. The van der Waals surface area contributed by atoms with Crippen molar-refractivity contribution in [3.05, 3.63) is 34.9 Å². The molecule has 0 saturated carbocycles. The van der Waals surface area contributed by atoms with Gasteiger partial charge in [-0.15, -0.1) is 0 Å². The molecule has 0 saturated heterocycles. The maximum atomic E-state index is 12.4. The van der Waals surface area contributed by atoms with E-state index in [0.717, 1.165) is 31.4 Å². The van der Waals surface area contributed by atoms with Crippen LogP contribution in [-0.4, -0.2) is 43.3 Å². The number of likely N-dealkylation sites (N-methyl/N-ethyl adjacent to an activating group) is 1. The van der Waals surface area contributed by atoms with Gasteiger partial charge < -0.3 is 5.32 Å². The van der Waals surface area contributed by atoms with Gasteiger partial charge in [-0.25, -0.2) is 0 Å². The van der Waals surface area contributed by atoms with Crippen molar-refractivity contribution < 1.29 is 9.59 Å². The van der Waals surface area contributed by atoms with E-state index in [1.54, 1.807) is 7.05 Å². The second-order valence-electron chi connectivity index (χ2n) is 5.64. The fraction of sp³-hybridized carbons (Fsp3) is 0.529. The standard InChI is InChI=1S/C17H24N2O2/c1-3-9-19(12-17(21)18-2)11-16(20)15-8-7-13-5-4-6-14(13)10-15/h7-8,10H,3-6,9,11-12H2,1-2H3,(H,18,21). The molecule has 0 aromatic heterocycles. The minimum absolute atomic E-state index is 0.0507.